The number of furan rings is 1. The van der Waals surface area contributed by atoms with E-state index in [1.165, 1.54) is 0 Å². The van der Waals surface area contributed by atoms with Crippen molar-refractivity contribution in [2.75, 3.05) is 0 Å². The highest BCUT2D eigenvalue weighted by Gasteiger charge is 2.09. The van der Waals surface area contributed by atoms with Crippen LogP contribution >= 0.6 is 0 Å². The molecule has 3 aromatic rings. The molecule has 3 rings (SSSR count). The third kappa shape index (κ3) is 2.44. The van der Waals surface area contributed by atoms with E-state index in [0.29, 0.717) is 0 Å². The van der Waals surface area contributed by atoms with Crippen molar-refractivity contribution in [3.8, 4) is 5.75 Å². The Labute approximate surface area is 118 Å². The third-order valence-electron chi connectivity index (χ3n) is 3.26. The number of benzene rings is 1. The maximum atomic E-state index is 5.86. The van der Waals surface area contributed by atoms with Gasteiger partial charge in [0.05, 0.1) is 18.2 Å². The van der Waals surface area contributed by atoms with Gasteiger partial charge in [0, 0.05) is 11.6 Å². The molecule has 0 bridgehead atoms. The number of aryl methyl sites for hydroxylation is 1. The smallest absolute Gasteiger partial charge is 0.129 e. The van der Waals surface area contributed by atoms with Gasteiger partial charge in [0.25, 0.3) is 0 Å². The maximum absolute atomic E-state index is 5.86. The summed E-state index contributed by atoms with van der Waals surface area (Å²) < 4.78 is 13.7. The van der Waals surface area contributed by atoms with Crippen molar-refractivity contribution >= 4 is 10.9 Å². The first-order valence-corrected chi connectivity index (χ1v) is 6.93. The van der Waals surface area contributed by atoms with Crippen LogP contribution in [0.2, 0.25) is 0 Å². The minimum absolute atomic E-state index is 0.177. The summed E-state index contributed by atoms with van der Waals surface area (Å²) in [5.74, 6) is 2.85. The summed E-state index contributed by atoms with van der Waals surface area (Å²) in [7, 11) is 0. The van der Waals surface area contributed by atoms with Gasteiger partial charge in [-0.1, -0.05) is 6.07 Å². The average molecular weight is 269 g/mol. The first kappa shape index (κ1) is 12.9. The van der Waals surface area contributed by atoms with Crippen LogP contribution in [0.5, 0.6) is 5.75 Å². The van der Waals surface area contributed by atoms with Gasteiger partial charge in [-0.3, -0.25) is 0 Å². The minimum Gasteiger partial charge on any atom is -0.490 e. The molecule has 0 saturated carbocycles. The SMILES string of the molecule is Cc1ccc(Cn2ccc3c(OC(C)C)cccc32)o1. The largest absolute Gasteiger partial charge is 0.490 e. The third-order valence-corrected chi connectivity index (χ3v) is 3.26. The van der Waals surface area contributed by atoms with Gasteiger partial charge in [-0.15, -0.1) is 0 Å². The highest BCUT2D eigenvalue weighted by molar-refractivity contribution is 5.86. The second-order valence-electron chi connectivity index (χ2n) is 5.31. The van der Waals surface area contributed by atoms with Crippen molar-refractivity contribution in [2.45, 2.75) is 33.4 Å². The second-order valence-corrected chi connectivity index (χ2v) is 5.31. The lowest BCUT2D eigenvalue weighted by atomic mass is 10.2. The standard InChI is InChI=1S/C17H19NO2/c1-12(2)19-17-6-4-5-16-15(17)9-10-18(16)11-14-8-7-13(3)20-14/h4-10,12H,11H2,1-3H3. The van der Waals surface area contributed by atoms with Crippen molar-refractivity contribution in [2.24, 2.45) is 0 Å². The van der Waals surface area contributed by atoms with Gasteiger partial charge in [0.15, 0.2) is 0 Å². The summed E-state index contributed by atoms with van der Waals surface area (Å²) in [4.78, 5) is 0. The fraction of sp³-hybridized carbons (Fsp3) is 0.294. The summed E-state index contributed by atoms with van der Waals surface area (Å²) in [6, 6.07) is 12.3. The van der Waals surface area contributed by atoms with E-state index in [4.69, 9.17) is 9.15 Å². The predicted molar refractivity (Wildman–Crippen MR) is 80.2 cm³/mol. The first-order chi connectivity index (χ1) is 9.63. The molecule has 0 N–H and O–H groups in total. The number of ether oxygens (including phenoxy) is 1. The molecule has 1 aromatic carbocycles. The normalized spacial score (nSPS) is 11.4. The number of hydrogen-bond acceptors (Lipinski definition) is 2. The highest BCUT2D eigenvalue weighted by Crippen LogP contribution is 2.28. The molecule has 0 atom stereocenters. The Morgan fingerprint density at radius 1 is 1.15 bits per heavy atom. The molecular formula is C17H19NO2. The van der Waals surface area contributed by atoms with Gasteiger partial charge in [0.1, 0.15) is 17.3 Å². The molecular weight excluding hydrogens is 250 g/mol. The van der Waals surface area contributed by atoms with Crippen molar-refractivity contribution in [3.05, 3.63) is 54.1 Å². The molecule has 0 aliphatic heterocycles. The van der Waals surface area contributed by atoms with Crippen LogP contribution in [0.15, 0.2) is 47.0 Å². The summed E-state index contributed by atoms with van der Waals surface area (Å²) in [5.41, 5.74) is 1.16. The van der Waals surface area contributed by atoms with Crippen LogP contribution in [0.25, 0.3) is 10.9 Å². The molecule has 3 heteroatoms. The van der Waals surface area contributed by atoms with E-state index >= 15 is 0 Å². The molecule has 104 valence electrons. The first-order valence-electron chi connectivity index (χ1n) is 6.93. The minimum atomic E-state index is 0.177. The van der Waals surface area contributed by atoms with Crippen LogP contribution in [-0.4, -0.2) is 10.7 Å². The monoisotopic (exact) mass is 269 g/mol. The van der Waals surface area contributed by atoms with Gasteiger partial charge < -0.3 is 13.7 Å². The molecule has 20 heavy (non-hydrogen) atoms. The molecule has 3 nitrogen and oxygen atoms in total. The number of nitrogens with zero attached hydrogens (tertiary/aromatic N) is 1. The van der Waals surface area contributed by atoms with Gasteiger partial charge in [-0.05, 0) is 51.1 Å². The lowest BCUT2D eigenvalue weighted by Gasteiger charge is -2.11. The molecule has 0 radical (unpaired) electrons. The van der Waals surface area contributed by atoms with Gasteiger partial charge in [-0.2, -0.15) is 0 Å². The van der Waals surface area contributed by atoms with Gasteiger partial charge in [0.2, 0.25) is 0 Å². The molecule has 0 fully saturated rings. The predicted octanol–water partition coefficient (Wildman–Crippen LogP) is 4.38. The topological polar surface area (TPSA) is 27.3 Å². The van der Waals surface area contributed by atoms with Gasteiger partial charge >= 0.3 is 0 Å². The van der Waals surface area contributed by atoms with Crippen LogP contribution in [0.4, 0.5) is 0 Å². The summed E-state index contributed by atoms with van der Waals surface area (Å²) >= 11 is 0. The number of rotatable bonds is 4. The van der Waals surface area contributed by atoms with E-state index < -0.39 is 0 Å². The lowest BCUT2D eigenvalue weighted by molar-refractivity contribution is 0.245. The fourth-order valence-corrected chi connectivity index (χ4v) is 2.43. The zero-order valence-corrected chi connectivity index (χ0v) is 12.1. The van der Waals surface area contributed by atoms with Crippen LogP contribution in [0.3, 0.4) is 0 Å². The molecule has 0 saturated heterocycles. The Kier molecular flexibility index (Phi) is 3.26. The van der Waals surface area contributed by atoms with Gasteiger partial charge in [-0.25, -0.2) is 0 Å². The quantitative estimate of drug-likeness (QED) is 0.703. The molecule has 0 unspecified atom stereocenters. The van der Waals surface area contributed by atoms with E-state index in [0.717, 1.165) is 34.7 Å². The average Bonchev–Trinajstić information content (AvgIpc) is 2.97. The van der Waals surface area contributed by atoms with Crippen LogP contribution in [0, 0.1) is 6.92 Å². The molecule has 0 aliphatic carbocycles. The maximum Gasteiger partial charge on any atom is 0.129 e. The number of fused-ring (bicyclic) bond motifs is 1. The van der Waals surface area contributed by atoms with Crippen molar-refractivity contribution in [1.29, 1.82) is 0 Å². The number of hydrogen-bond donors (Lipinski definition) is 0. The zero-order chi connectivity index (χ0) is 14.1. The molecule has 0 spiro atoms. The molecule has 0 amide bonds. The summed E-state index contributed by atoms with van der Waals surface area (Å²) in [6.45, 7) is 6.79. The Balaban J connectivity index is 1.97. The Hall–Kier alpha value is -2.16. The molecule has 0 aliphatic rings. The van der Waals surface area contributed by atoms with E-state index in [1.807, 2.05) is 45.0 Å². The van der Waals surface area contributed by atoms with Crippen molar-refractivity contribution < 1.29 is 9.15 Å². The van der Waals surface area contributed by atoms with Crippen LogP contribution in [0.1, 0.15) is 25.4 Å². The Morgan fingerprint density at radius 2 is 2.00 bits per heavy atom. The zero-order valence-electron chi connectivity index (χ0n) is 12.1. The summed E-state index contributed by atoms with van der Waals surface area (Å²) in [6.07, 6.45) is 2.26. The van der Waals surface area contributed by atoms with E-state index in [2.05, 4.69) is 22.9 Å². The fourth-order valence-electron chi connectivity index (χ4n) is 2.43. The molecule has 2 aromatic heterocycles. The van der Waals surface area contributed by atoms with E-state index in [9.17, 15) is 0 Å². The Morgan fingerprint density at radius 3 is 2.70 bits per heavy atom. The second kappa shape index (κ2) is 5.08. The Bertz CT molecular complexity index is 722. The number of aromatic nitrogens is 1. The van der Waals surface area contributed by atoms with E-state index in [-0.39, 0.29) is 6.10 Å². The van der Waals surface area contributed by atoms with E-state index in [1.54, 1.807) is 0 Å². The van der Waals surface area contributed by atoms with Crippen LogP contribution in [-0.2, 0) is 6.54 Å². The van der Waals surface area contributed by atoms with Crippen molar-refractivity contribution in [1.82, 2.24) is 4.57 Å². The summed E-state index contributed by atoms with van der Waals surface area (Å²) in [5, 5.41) is 1.14. The van der Waals surface area contributed by atoms with Crippen molar-refractivity contribution in [3.63, 3.8) is 0 Å². The molecule has 2 heterocycles. The lowest BCUT2D eigenvalue weighted by Crippen LogP contribution is -2.05. The highest BCUT2D eigenvalue weighted by atomic mass is 16.5. The van der Waals surface area contributed by atoms with Crippen LogP contribution < -0.4 is 4.74 Å².